The number of hydrogen-bond acceptors (Lipinski definition) is 4. The average molecular weight is 442 g/mol. The van der Waals surface area contributed by atoms with Gasteiger partial charge in [-0.05, 0) is 49.7 Å². The second-order valence-corrected chi connectivity index (χ2v) is 14.4. The second-order valence-electron chi connectivity index (χ2n) is 9.57. The monoisotopic (exact) mass is 441 g/mol. The standard InChI is InChI=1S/C25H35NO4Si/c1-18-13-19(2)15-21(14-18)23(27)22(17-30-31(6,7)25(3,4)5)26-24(28)29-16-20-11-9-8-10-12-20/h8-15,22H,16-17H2,1-7H3,(H,26,28)/t22-/m0/s1. The molecule has 0 radical (unpaired) electrons. The first kappa shape index (κ1) is 24.8. The van der Waals surface area contributed by atoms with E-state index >= 15 is 0 Å². The average Bonchev–Trinajstić information content (AvgIpc) is 2.68. The molecule has 1 amide bonds. The Kier molecular flexibility index (Phi) is 8.20. The number of ketones is 1. The molecule has 5 nitrogen and oxygen atoms in total. The summed E-state index contributed by atoms with van der Waals surface area (Å²) >= 11 is 0. The molecule has 0 bridgehead atoms. The molecule has 1 atom stereocenters. The van der Waals surface area contributed by atoms with E-state index in [2.05, 4.69) is 39.2 Å². The second kappa shape index (κ2) is 10.2. The zero-order valence-electron chi connectivity index (χ0n) is 19.7. The fourth-order valence-corrected chi connectivity index (χ4v) is 3.93. The van der Waals surface area contributed by atoms with Crippen LogP contribution in [0.1, 0.15) is 47.8 Å². The molecule has 2 rings (SSSR count). The zero-order valence-corrected chi connectivity index (χ0v) is 20.7. The van der Waals surface area contributed by atoms with Crippen molar-refractivity contribution >= 4 is 20.2 Å². The molecule has 0 aliphatic rings. The molecule has 168 valence electrons. The molecule has 0 spiro atoms. The molecule has 0 aliphatic heterocycles. The van der Waals surface area contributed by atoms with Crippen molar-refractivity contribution in [1.82, 2.24) is 5.32 Å². The Morgan fingerprint density at radius 2 is 1.58 bits per heavy atom. The summed E-state index contributed by atoms with van der Waals surface area (Å²) in [6, 6.07) is 14.3. The molecule has 0 saturated carbocycles. The van der Waals surface area contributed by atoms with Crippen molar-refractivity contribution in [3.8, 4) is 0 Å². The molecule has 0 fully saturated rings. The molecule has 0 heterocycles. The van der Waals surface area contributed by atoms with Crippen LogP contribution in [0, 0.1) is 13.8 Å². The number of alkyl carbamates (subject to hydrolysis) is 1. The molecule has 31 heavy (non-hydrogen) atoms. The Morgan fingerprint density at radius 3 is 2.13 bits per heavy atom. The summed E-state index contributed by atoms with van der Waals surface area (Å²) < 4.78 is 11.6. The lowest BCUT2D eigenvalue weighted by atomic mass is 10.0. The van der Waals surface area contributed by atoms with Gasteiger partial charge >= 0.3 is 6.09 Å². The Labute approximate surface area is 187 Å². The first-order valence-corrected chi connectivity index (χ1v) is 13.5. The lowest BCUT2D eigenvalue weighted by Crippen LogP contribution is -2.49. The van der Waals surface area contributed by atoms with Gasteiger partial charge < -0.3 is 14.5 Å². The fraction of sp³-hybridized carbons (Fsp3) is 0.440. The van der Waals surface area contributed by atoms with Crippen LogP contribution in [0.4, 0.5) is 4.79 Å². The fourth-order valence-electron chi connectivity index (χ4n) is 2.92. The van der Waals surface area contributed by atoms with E-state index in [-0.39, 0.29) is 24.0 Å². The molecule has 0 aromatic heterocycles. The number of nitrogens with one attached hydrogen (secondary N) is 1. The number of carbonyl (C=O) groups is 2. The molecule has 0 aliphatic carbocycles. The maximum atomic E-state index is 13.3. The Bertz CT molecular complexity index is 883. The van der Waals surface area contributed by atoms with Crippen LogP contribution in [0.15, 0.2) is 48.5 Å². The van der Waals surface area contributed by atoms with Crippen molar-refractivity contribution in [1.29, 1.82) is 0 Å². The number of ether oxygens (including phenoxy) is 1. The highest BCUT2D eigenvalue weighted by Gasteiger charge is 2.38. The summed E-state index contributed by atoms with van der Waals surface area (Å²) in [4.78, 5) is 25.8. The minimum Gasteiger partial charge on any atom is -0.445 e. The third-order valence-electron chi connectivity index (χ3n) is 5.74. The summed E-state index contributed by atoms with van der Waals surface area (Å²) in [5, 5.41) is 2.73. The van der Waals surface area contributed by atoms with Crippen LogP contribution in [-0.2, 0) is 15.8 Å². The van der Waals surface area contributed by atoms with E-state index < -0.39 is 20.5 Å². The van der Waals surface area contributed by atoms with Gasteiger partial charge in [-0.25, -0.2) is 4.79 Å². The van der Waals surface area contributed by atoms with E-state index in [4.69, 9.17) is 9.16 Å². The molecule has 2 aromatic rings. The van der Waals surface area contributed by atoms with Gasteiger partial charge in [0.1, 0.15) is 12.6 Å². The lowest BCUT2D eigenvalue weighted by Gasteiger charge is -2.37. The molecule has 0 unspecified atom stereocenters. The van der Waals surface area contributed by atoms with E-state index in [1.165, 1.54) is 0 Å². The van der Waals surface area contributed by atoms with Gasteiger partial charge in [0.2, 0.25) is 0 Å². The highest BCUT2D eigenvalue weighted by atomic mass is 28.4. The summed E-state index contributed by atoms with van der Waals surface area (Å²) in [6.45, 7) is 14.8. The summed E-state index contributed by atoms with van der Waals surface area (Å²) in [6.07, 6.45) is -0.634. The Balaban J connectivity index is 2.16. The van der Waals surface area contributed by atoms with E-state index in [0.29, 0.717) is 5.56 Å². The summed E-state index contributed by atoms with van der Waals surface area (Å²) in [5.74, 6) is -0.179. The van der Waals surface area contributed by atoms with Crippen LogP contribution < -0.4 is 5.32 Å². The largest absolute Gasteiger partial charge is 0.445 e. The van der Waals surface area contributed by atoms with Gasteiger partial charge in [-0.2, -0.15) is 0 Å². The predicted molar refractivity (Wildman–Crippen MR) is 127 cm³/mol. The maximum absolute atomic E-state index is 13.3. The van der Waals surface area contributed by atoms with Gasteiger partial charge in [0.25, 0.3) is 0 Å². The van der Waals surface area contributed by atoms with Crippen LogP contribution in [0.5, 0.6) is 0 Å². The maximum Gasteiger partial charge on any atom is 0.408 e. The first-order valence-electron chi connectivity index (χ1n) is 10.6. The number of Topliss-reactive ketones (excluding diaryl/α,β-unsaturated/α-hetero) is 1. The third-order valence-corrected chi connectivity index (χ3v) is 10.2. The van der Waals surface area contributed by atoms with Crippen molar-refractivity contribution < 1.29 is 18.8 Å². The van der Waals surface area contributed by atoms with Crippen LogP contribution in [-0.4, -0.2) is 32.8 Å². The van der Waals surface area contributed by atoms with Crippen molar-refractivity contribution in [3.05, 3.63) is 70.8 Å². The van der Waals surface area contributed by atoms with Crippen LogP contribution in [0.25, 0.3) is 0 Å². The highest BCUT2D eigenvalue weighted by molar-refractivity contribution is 6.74. The molecule has 2 aromatic carbocycles. The number of benzene rings is 2. The molecular weight excluding hydrogens is 406 g/mol. The summed E-state index contributed by atoms with van der Waals surface area (Å²) in [5.41, 5.74) is 3.44. The summed E-state index contributed by atoms with van der Waals surface area (Å²) in [7, 11) is -2.10. The van der Waals surface area contributed by atoms with Crippen LogP contribution in [0.3, 0.4) is 0 Å². The lowest BCUT2D eigenvalue weighted by molar-refractivity contribution is 0.0868. The van der Waals surface area contributed by atoms with Gasteiger partial charge in [0.15, 0.2) is 14.1 Å². The van der Waals surface area contributed by atoms with Gasteiger partial charge in [0.05, 0.1) is 6.61 Å². The minimum absolute atomic E-state index is 0.00562. The van der Waals surface area contributed by atoms with E-state index in [9.17, 15) is 9.59 Å². The number of carbonyl (C=O) groups excluding carboxylic acids is 2. The molecular formula is C25H35NO4Si. The number of hydrogen-bond donors (Lipinski definition) is 1. The first-order chi connectivity index (χ1) is 14.4. The highest BCUT2D eigenvalue weighted by Crippen LogP contribution is 2.36. The van der Waals surface area contributed by atoms with Crippen molar-refractivity contribution in [2.24, 2.45) is 0 Å². The topological polar surface area (TPSA) is 64.6 Å². The van der Waals surface area contributed by atoms with Gasteiger partial charge in [0, 0.05) is 5.56 Å². The zero-order chi connectivity index (χ0) is 23.2. The molecule has 6 heteroatoms. The molecule has 1 N–H and O–H groups in total. The van der Waals surface area contributed by atoms with Crippen LogP contribution in [0.2, 0.25) is 18.1 Å². The van der Waals surface area contributed by atoms with Gasteiger partial charge in [-0.1, -0.05) is 68.3 Å². The molecule has 0 saturated heterocycles. The van der Waals surface area contributed by atoms with E-state index in [1.54, 1.807) is 0 Å². The Morgan fingerprint density at radius 1 is 1.00 bits per heavy atom. The van der Waals surface area contributed by atoms with Crippen molar-refractivity contribution in [2.75, 3.05) is 6.61 Å². The Hall–Kier alpha value is -2.44. The van der Waals surface area contributed by atoms with E-state index in [0.717, 1.165) is 16.7 Å². The van der Waals surface area contributed by atoms with Crippen molar-refractivity contribution in [3.63, 3.8) is 0 Å². The van der Waals surface area contributed by atoms with Crippen LogP contribution >= 0.6 is 0 Å². The predicted octanol–water partition coefficient (Wildman–Crippen LogP) is 5.80. The van der Waals surface area contributed by atoms with Gasteiger partial charge in [-0.3, -0.25) is 4.79 Å². The smallest absolute Gasteiger partial charge is 0.408 e. The normalized spacial score (nSPS) is 12.9. The number of amides is 1. The SMILES string of the molecule is Cc1cc(C)cc(C(=O)[C@H](CO[Si](C)(C)C(C)(C)C)NC(=O)OCc2ccccc2)c1. The number of rotatable bonds is 8. The third kappa shape index (κ3) is 7.33. The quantitative estimate of drug-likeness (QED) is 0.415. The number of aryl methyl sites for hydroxylation is 2. The van der Waals surface area contributed by atoms with Gasteiger partial charge in [-0.15, -0.1) is 0 Å². The van der Waals surface area contributed by atoms with Crippen molar-refractivity contribution in [2.45, 2.75) is 65.4 Å². The minimum atomic E-state index is -2.10. The van der Waals surface area contributed by atoms with E-state index in [1.807, 2.05) is 62.4 Å².